The number of hydrogen-bond donors (Lipinski definition) is 0. The maximum atomic E-state index is 6.26. The van der Waals surface area contributed by atoms with Crippen molar-refractivity contribution < 1.29 is 18.9 Å². The summed E-state index contributed by atoms with van der Waals surface area (Å²) in [6.45, 7) is 0.456. The third kappa shape index (κ3) is 9.89. The van der Waals surface area contributed by atoms with Gasteiger partial charge in [-0.1, -0.05) is 133 Å². The van der Waals surface area contributed by atoms with Crippen molar-refractivity contribution in [1.29, 1.82) is 0 Å². The quantitative estimate of drug-likeness (QED) is 0.0982. The first-order chi connectivity index (χ1) is 32.5. The normalized spacial score (nSPS) is 15.6. The Morgan fingerprint density at radius 2 is 0.833 bits per heavy atom. The summed E-state index contributed by atoms with van der Waals surface area (Å²) in [6, 6.07) is 53.4. The number of rotatable bonds is 15. The molecule has 0 radical (unpaired) electrons. The second-order valence-corrected chi connectivity index (χ2v) is 18.1. The van der Waals surface area contributed by atoms with Crippen LogP contribution in [0.5, 0.6) is 23.0 Å². The highest BCUT2D eigenvalue weighted by Crippen LogP contribution is 2.42. The molecule has 2 unspecified atom stereocenters. The van der Waals surface area contributed by atoms with E-state index in [1.807, 2.05) is 94.3 Å². The molecule has 0 saturated carbocycles. The van der Waals surface area contributed by atoms with Gasteiger partial charge in [0.1, 0.15) is 36.2 Å². The zero-order valence-electron chi connectivity index (χ0n) is 36.4. The molecular weight excluding hydrogens is 865 g/mol. The number of ether oxygens (including phenoxy) is 4. The van der Waals surface area contributed by atoms with Crippen LogP contribution in [-0.4, -0.2) is 55.4 Å². The first-order valence-electron chi connectivity index (χ1n) is 21.7. The molecule has 2 aliphatic rings. The first-order valence-corrected chi connectivity index (χ1v) is 23.5. The van der Waals surface area contributed by atoms with Gasteiger partial charge in [-0.2, -0.15) is 19.6 Å². The first kappa shape index (κ1) is 42.8. The highest BCUT2D eigenvalue weighted by molar-refractivity contribution is 7.99. The molecule has 330 valence electrons. The Morgan fingerprint density at radius 1 is 0.455 bits per heavy atom. The van der Waals surface area contributed by atoms with E-state index in [0.29, 0.717) is 11.6 Å². The molecule has 0 N–H and O–H groups in total. The summed E-state index contributed by atoms with van der Waals surface area (Å²) < 4.78 is 27.0. The molecule has 0 fully saturated rings. The molecule has 0 aliphatic carbocycles. The van der Waals surface area contributed by atoms with Gasteiger partial charge >= 0.3 is 0 Å². The van der Waals surface area contributed by atoms with E-state index in [2.05, 4.69) is 93.2 Å². The lowest BCUT2D eigenvalue weighted by atomic mass is 10.0. The van der Waals surface area contributed by atoms with Gasteiger partial charge < -0.3 is 18.9 Å². The summed E-state index contributed by atoms with van der Waals surface area (Å²) in [4.78, 5) is 0. The van der Waals surface area contributed by atoms with Gasteiger partial charge in [0.05, 0.1) is 25.6 Å². The fourth-order valence-electron chi connectivity index (χ4n) is 7.84. The molecule has 2 aliphatic heterocycles. The summed E-state index contributed by atoms with van der Waals surface area (Å²) in [6.07, 6.45) is 3.22. The van der Waals surface area contributed by atoms with Crippen LogP contribution in [0.3, 0.4) is 0 Å². The van der Waals surface area contributed by atoms with Crippen LogP contribution in [0.1, 0.15) is 68.4 Å². The van der Waals surface area contributed by atoms with E-state index >= 15 is 0 Å². The van der Waals surface area contributed by atoms with Crippen LogP contribution < -0.4 is 18.9 Å². The summed E-state index contributed by atoms with van der Waals surface area (Å²) in [5.74, 6) is 4.43. The van der Waals surface area contributed by atoms with Crippen molar-refractivity contribution in [3.8, 4) is 23.0 Å². The van der Waals surface area contributed by atoms with Gasteiger partial charge in [0.15, 0.2) is 11.6 Å². The van der Waals surface area contributed by atoms with Crippen molar-refractivity contribution in [2.75, 3.05) is 14.2 Å². The Balaban J connectivity index is 0.752. The van der Waals surface area contributed by atoms with Gasteiger partial charge in [0, 0.05) is 23.3 Å². The molecule has 2 atom stereocenters. The lowest BCUT2D eigenvalue weighted by molar-refractivity contribution is 0.289. The average molecular weight is 911 g/mol. The van der Waals surface area contributed by atoms with Crippen LogP contribution in [0.2, 0.25) is 0 Å². The minimum absolute atomic E-state index is 0.0967. The zero-order valence-corrected chi connectivity index (χ0v) is 38.1. The van der Waals surface area contributed by atoms with Crippen LogP contribution >= 0.6 is 23.5 Å². The van der Waals surface area contributed by atoms with E-state index in [0.717, 1.165) is 81.5 Å². The molecule has 6 aromatic carbocycles. The number of methoxy groups -OCH3 is 2. The minimum Gasteiger partial charge on any atom is -0.497 e. The van der Waals surface area contributed by atoms with Crippen molar-refractivity contribution in [3.63, 3.8) is 0 Å². The number of aryl methyl sites for hydroxylation is 2. The predicted molar refractivity (Wildman–Crippen MR) is 258 cm³/mol. The van der Waals surface area contributed by atoms with Crippen molar-refractivity contribution in [1.82, 2.24) is 29.7 Å². The van der Waals surface area contributed by atoms with E-state index < -0.39 is 0 Å². The minimum atomic E-state index is 0.0967. The second kappa shape index (κ2) is 19.9. The van der Waals surface area contributed by atoms with E-state index in [4.69, 9.17) is 29.2 Å². The topological polar surface area (TPSA) is 123 Å². The van der Waals surface area contributed by atoms with Crippen LogP contribution in [0.25, 0.3) is 0 Å². The van der Waals surface area contributed by atoms with Crippen molar-refractivity contribution >= 4 is 34.9 Å². The summed E-state index contributed by atoms with van der Waals surface area (Å²) in [7, 11) is 3.36. The SMILES string of the molecule is COc1ccc(C2CC(c3ccccc3)=Nn3c(COc4ccc(CCc5ccc(OCc6nnc7n6N=C(c6ccccc6)CC(c6ccc(OC)cc6)S7)cc5)cc4)nnc3S2)cc1. The molecule has 12 nitrogen and oxygen atoms in total. The molecule has 8 aromatic rings. The monoisotopic (exact) mass is 910 g/mol. The number of fused-ring (bicyclic) bond motifs is 2. The third-order valence-electron chi connectivity index (χ3n) is 11.5. The Morgan fingerprint density at radius 3 is 1.21 bits per heavy atom. The number of hydrogen-bond acceptors (Lipinski definition) is 12. The fraction of sp³-hybridized carbons (Fsp3) is 0.192. The zero-order chi connectivity index (χ0) is 44.7. The van der Waals surface area contributed by atoms with E-state index in [9.17, 15) is 0 Å². The van der Waals surface area contributed by atoms with Crippen LogP contribution in [0, 0.1) is 0 Å². The molecule has 0 spiro atoms. The predicted octanol–water partition coefficient (Wildman–Crippen LogP) is 10.8. The number of benzene rings is 6. The van der Waals surface area contributed by atoms with E-state index in [-0.39, 0.29) is 23.7 Å². The van der Waals surface area contributed by atoms with Crippen molar-refractivity contribution in [2.45, 2.75) is 59.7 Å². The van der Waals surface area contributed by atoms with Crippen molar-refractivity contribution in [2.24, 2.45) is 10.2 Å². The third-order valence-corrected chi connectivity index (χ3v) is 13.9. The smallest absolute Gasteiger partial charge is 0.212 e. The summed E-state index contributed by atoms with van der Waals surface area (Å²) >= 11 is 3.31. The highest BCUT2D eigenvalue weighted by atomic mass is 32.2. The highest BCUT2D eigenvalue weighted by Gasteiger charge is 2.28. The molecule has 10 rings (SSSR count). The lowest BCUT2D eigenvalue weighted by Crippen LogP contribution is -2.09. The van der Waals surface area contributed by atoms with Gasteiger partial charge in [-0.05, 0) is 94.8 Å². The van der Waals surface area contributed by atoms with Crippen LogP contribution in [0.4, 0.5) is 0 Å². The second-order valence-electron chi connectivity index (χ2n) is 15.8. The van der Waals surface area contributed by atoms with Crippen molar-refractivity contribution in [3.05, 3.63) is 203 Å². The molecular formula is C52H46N8O4S2. The standard InChI is InChI=1S/C52H46N8O4S2/c1-61-41-27-19-39(20-28-41)47-31-45(37-9-5-3-6-10-37)57-59-49(53-55-51(59)65-47)33-63-43-23-15-35(16-24-43)13-14-36-17-25-44(26-18-36)64-34-50-54-56-52-60(50)58-46(38-11-7-4-8-12-38)32-48(66-52)40-21-29-42(62-2)30-22-40/h3-12,15-30,47-48H,13-14,31-34H2,1-2H3. The molecule has 0 bridgehead atoms. The van der Waals surface area contributed by atoms with Crippen LogP contribution in [-0.2, 0) is 26.1 Å². The van der Waals surface area contributed by atoms with Gasteiger partial charge in [-0.3, -0.25) is 0 Å². The largest absolute Gasteiger partial charge is 0.497 e. The van der Waals surface area contributed by atoms with Gasteiger partial charge in [0.25, 0.3) is 0 Å². The molecule has 4 heterocycles. The molecule has 0 saturated heterocycles. The summed E-state index contributed by atoms with van der Waals surface area (Å²) in [5, 5.41) is 30.0. The number of nitrogens with zero attached hydrogens (tertiary/aromatic N) is 8. The number of aromatic nitrogens is 6. The Hall–Kier alpha value is -7.16. The Kier molecular flexibility index (Phi) is 12.9. The molecule has 66 heavy (non-hydrogen) atoms. The van der Waals surface area contributed by atoms with Gasteiger partial charge in [0.2, 0.25) is 10.3 Å². The van der Waals surface area contributed by atoms with Gasteiger partial charge in [-0.15, -0.1) is 20.4 Å². The summed E-state index contributed by atoms with van der Waals surface area (Å²) in [5.41, 5.74) is 8.83. The molecule has 2 aromatic heterocycles. The Labute approximate surface area is 391 Å². The maximum absolute atomic E-state index is 6.26. The van der Waals surface area contributed by atoms with E-state index in [1.54, 1.807) is 37.7 Å². The van der Waals surface area contributed by atoms with Gasteiger partial charge in [-0.25, -0.2) is 0 Å². The fourth-order valence-corrected chi connectivity index (χ4v) is 10.1. The Bertz CT molecular complexity index is 2740. The molecule has 14 heteroatoms. The van der Waals surface area contributed by atoms with Crippen LogP contribution in [0.15, 0.2) is 178 Å². The lowest BCUT2D eigenvalue weighted by Gasteiger charge is -2.15. The molecule has 0 amide bonds. The van der Waals surface area contributed by atoms with E-state index in [1.165, 1.54) is 22.3 Å². The average Bonchev–Trinajstić information content (AvgIpc) is 3.80. The maximum Gasteiger partial charge on any atom is 0.212 e. The number of thioether (sulfide) groups is 2.